The van der Waals surface area contributed by atoms with Crippen LogP contribution in [0.25, 0.3) is 0 Å². The van der Waals surface area contributed by atoms with E-state index in [0.29, 0.717) is 11.3 Å². The van der Waals surface area contributed by atoms with Crippen LogP contribution in [0, 0.1) is 6.92 Å². The van der Waals surface area contributed by atoms with E-state index in [1.807, 2.05) is 0 Å². The molecule has 2 nitrogen and oxygen atoms in total. The Morgan fingerprint density at radius 1 is 1.10 bits per heavy atom. The summed E-state index contributed by atoms with van der Waals surface area (Å²) in [6, 6.07) is 9.95. The Hall–Kier alpha value is -2.11. The predicted molar refractivity (Wildman–Crippen MR) is 72.3 cm³/mol. The largest absolute Gasteiger partial charge is 0.509 e. The van der Waals surface area contributed by atoms with Crippen LogP contribution >= 0.6 is 0 Å². The smallest absolute Gasteiger partial charge is 0.508 e. The first-order valence-corrected chi connectivity index (χ1v) is 6.07. The summed E-state index contributed by atoms with van der Waals surface area (Å²) in [6.07, 6.45) is 0. The zero-order chi connectivity index (χ0) is 14.8. The van der Waals surface area contributed by atoms with E-state index in [0.717, 1.165) is 17.7 Å². The maximum atomic E-state index is 12.6. The standard InChI is InChI=1S/C14H13BF3O2/c1-10-7-12(15(16,17)18)5-6-14(10)20-9-11-3-2-4-13(19)8-11/h2-8,19H,9H2,1H3/q-1. The summed E-state index contributed by atoms with van der Waals surface area (Å²) in [5, 5.41) is 9.31. The topological polar surface area (TPSA) is 29.5 Å². The van der Waals surface area contributed by atoms with Gasteiger partial charge in [0.05, 0.1) is 0 Å². The molecular formula is C14H13BF3O2-. The molecule has 0 bridgehead atoms. The fourth-order valence-electron chi connectivity index (χ4n) is 1.85. The summed E-state index contributed by atoms with van der Waals surface area (Å²) in [6.45, 7) is -3.23. The predicted octanol–water partition coefficient (Wildman–Crippen LogP) is 3.33. The van der Waals surface area contributed by atoms with E-state index in [9.17, 15) is 18.1 Å². The average Bonchev–Trinajstić information content (AvgIpc) is 2.36. The van der Waals surface area contributed by atoms with Gasteiger partial charge < -0.3 is 22.8 Å². The van der Waals surface area contributed by atoms with Crippen molar-refractivity contribution in [2.45, 2.75) is 13.5 Å². The van der Waals surface area contributed by atoms with E-state index in [2.05, 4.69) is 0 Å². The highest BCUT2D eigenvalue weighted by atomic mass is 19.4. The maximum Gasteiger partial charge on any atom is 0.509 e. The summed E-state index contributed by atoms with van der Waals surface area (Å²) in [5.41, 5.74) is 0.544. The number of aromatic hydroxyl groups is 1. The molecule has 0 aliphatic rings. The molecule has 0 unspecified atom stereocenters. The average molecular weight is 281 g/mol. The first kappa shape index (κ1) is 14.3. The monoisotopic (exact) mass is 281 g/mol. The van der Waals surface area contributed by atoms with Gasteiger partial charge in [-0.15, -0.1) is 5.46 Å². The van der Waals surface area contributed by atoms with Crippen LogP contribution in [0.1, 0.15) is 11.1 Å². The lowest BCUT2D eigenvalue weighted by Gasteiger charge is -2.17. The summed E-state index contributed by atoms with van der Waals surface area (Å²) in [7, 11) is 0. The van der Waals surface area contributed by atoms with Gasteiger partial charge in [-0.3, -0.25) is 0 Å². The lowest BCUT2D eigenvalue weighted by atomic mass is 9.79. The second-order valence-corrected chi connectivity index (χ2v) is 4.56. The number of benzene rings is 2. The zero-order valence-corrected chi connectivity index (χ0v) is 10.8. The number of halogens is 3. The summed E-state index contributed by atoms with van der Waals surface area (Å²) in [4.78, 5) is 0. The molecule has 0 atom stereocenters. The maximum absolute atomic E-state index is 12.6. The third-order valence-corrected chi connectivity index (χ3v) is 2.88. The number of aryl methyl sites for hydroxylation is 1. The number of ether oxygens (including phenoxy) is 1. The molecule has 2 aromatic carbocycles. The molecule has 0 heterocycles. The fraction of sp³-hybridized carbons (Fsp3) is 0.143. The van der Waals surface area contributed by atoms with Crippen molar-refractivity contribution >= 4 is 12.4 Å². The Morgan fingerprint density at radius 3 is 2.45 bits per heavy atom. The minimum Gasteiger partial charge on any atom is -0.508 e. The second-order valence-electron chi connectivity index (χ2n) is 4.56. The first-order valence-electron chi connectivity index (χ1n) is 6.07. The Balaban J connectivity index is 2.11. The molecule has 6 heteroatoms. The quantitative estimate of drug-likeness (QED) is 0.871. The number of hydrogen-bond donors (Lipinski definition) is 1. The van der Waals surface area contributed by atoms with E-state index >= 15 is 0 Å². The van der Waals surface area contributed by atoms with Crippen molar-refractivity contribution in [3.8, 4) is 11.5 Å². The van der Waals surface area contributed by atoms with E-state index in [1.165, 1.54) is 12.1 Å². The van der Waals surface area contributed by atoms with Gasteiger partial charge in [-0.05, 0) is 36.2 Å². The van der Waals surface area contributed by atoms with Gasteiger partial charge in [0, 0.05) is 0 Å². The first-order chi connectivity index (χ1) is 9.36. The minimum atomic E-state index is -4.99. The van der Waals surface area contributed by atoms with Crippen molar-refractivity contribution < 1.29 is 22.8 Å². The molecule has 20 heavy (non-hydrogen) atoms. The van der Waals surface area contributed by atoms with Crippen molar-refractivity contribution in [2.75, 3.05) is 0 Å². The Morgan fingerprint density at radius 2 is 1.85 bits per heavy atom. The van der Waals surface area contributed by atoms with Crippen LogP contribution in [0.3, 0.4) is 0 Å². The molecule has 0 spiro atoms. The molecule has 1 N–H and O–H groups in total. The highest BCUT2D eigenvalue weighted by Crippen LogP contribution is 2.21. The van der Waals surface area contributed by atoms with E-state index in [-0.39, 0.29) is 12.4 Å². The Kier molecular flexibility index (Phi) is 3.92. The lowest BCUT2D eigenvalue weighted by molar-refractivity contribution is 0.303. The van der Waals surface area contributed by atoms with Gasteiger partial charge in [0.25, 0.3) is 0 Å². The molecule has 0 aromatic heterocycles. The summed E-state index contributed by atoms with van der Waals surface area (Å²) in [5.74, 6) is 0.523. The highest BCUT2D eigenvalue weighted by Gasteiger charge is 2.25. The fourth-order valence-corrected chi connectivity index (χ4v) is 1.85. The SMILES string of the molecule is Cc1cc([B-](F)(F)F)ccc1OCc1cccc(O)c1. The minimum absolute atomic E-state index is 0.123. The van der Waals surface area contributed by atoms with Crippen LogP contribution in [0.4, 0.5) is 12.9 Å². The molecule has 0 amide bonds. The van der Waals surface area contributed by atoms with Crippen LogP contribution in [0.5, 0.6) is 11.5 Å². The van der Waals surface area contributed by atoms with Crippen LogP contribution in [-0.4, -0.2) is 12.1 Å². The molecule has 0 fully saturated rings. The number of phenols is 1. The van der Waals surface area contributed by atoms with E-state index < -0.39 is 12.4 Å². The second kappa shape index (κ2) is 5.49. The molecule has 106 valence electrons. The highest BCUT2D eigenvalue weighted by molar-refractivity contribution is 6.73. The molecule has 2 rings (SSSR count). The van der Waals surface area contributed by atoms with Crippen LogP contribution in [0.15, 0.2) is 42.5 Å². The molecular weight excluding hydrogens is 268 g/mol. The van der Waals surface area contributed by atoms with E-state index in [4.69, 9.17) is 4.74 Å². The van der Waals surface area contributed by atoms with E-state index in [1.54, 1.807) is 25.1 Å². The Labute approximate surface area is 114 Å². The molecule has 0 radical (unpaired) electrons. The summed E-state index contributed by atoms with van der Waals surface area (Å²) < 4.78 is 43.2. The van der Waals surface area contributed by atoms with Crippen molar-refractivity contribution in [3.05, 3.63) is 53.6 Å². The van der Waals surface area contributed by atoms with Crippen molar-refractivity contribution in [1.29, 1.82) is 0 Å². The molecule has 0 aliphatic carbocycles. The molecule has 0 saturated heterocycles. The van der Waals surface area contributed by atoms with Crippen molar-refractivity contribution in [3.63, 3.8) is 0 Å². The van der Waals surface area contributed by atoms with Crippen molar-refractivity contribution in [2.24, 2.45) is 0 Å². The van der Waals surface area contributed by atoms with Gasteiger partial charge in [-0.2, -0.15) is 0 Å². The van der Waals surface area contributed by atoms with Gasteiger partial charge in [0.1, 0.15) is 18.1 Å². The van der Waals surface area contributed by atoms with Gasteiger partial charge in [-0.1, -0.05) is 24.3 Å². The van der Waals surface area contributed by atoms with Gasteiger partial charge in [-0.25, -0.2) is 0 Å². The third kappa shape index (κ3) is 3.47. The number of rotatable bonds is 4. The zero-order valence-electron chi connectivity index (χ0n) is 10.8. The lowest BCUT2D eigenvalue weighted by Crippen LogP contribution is -2.34. The summed E-state index contributed by atoms with van der Waals surface area (Å²) >= 11 is 0. The normalized spacial score (nSPS) is 11.4. The molecule has 2 aromatic rings. The Bertz CT molecular complexity index is 612. The third-order valence-electron chi connectivity index (χ3n) is 2.88. The van der Waals surface area contributed by atoms with Gasteiger partial charge >= 0.3 is 6.98 Å². The molecule has 0 saturated carbocycles. The number of hydrogen-bond acceptors (Lipinski definition) is 2. The van der Waals surface area contributed by atoms with Crippen LogP contribution in [0.2, 0.25) is 0 Å². The number of phenolic OH excluding ortho intramolecular Hbond substituents is 1. The molecule has 0 aliphatic heterocycles. The van der Waals surface area contributed by atoms with Crippen LogP contribution in [-0.2, 0) is 6.61 Å². The van der Waals surface area contributed by atoms with Gasteiger partial charge in [0.15, 0.2) is 0 Å². The van der Waals surface area contributed by atoms with Crippen LogP contribution < -0.4 is 10.2 Å². The van der Waals surface area contributed by atoms with Crippen molar-refractivity contribution in [1.82, 2.24) is 0 Å². The van der Waals surface area contributed by atoms with Gasteiger partial charge in [0.2, 0.25) is 0 Å².